The molecule has 1 aromatic carbocycles. The molecule has 96 valence electrons. The van der Waals surface area contributed by atoms with E-state index in [1.54, 1.807) is 12.4 Å². The Morgan fingerprint density at radius 3 is 2.42 bits per heavy atom. The van der Waals surface area contributed by atoms with Gasteiger partial charge in [0.25, 0.3) is 0 Å². The van der Waals surface area contributed by atoms with Gasteiger partial charge in [-0.05, 0) is 30.7 Å². The molecule has 1 aromatic heterocycles. The summed E-state index contributed by atoms with van der Waals surface area (Å²) < 4.78 is 0. The SMILES string of the molecule is CCCCC#Cc1cnc(-c2ccc(Cl)cc2)nc1. The van der Waals surface area contributed by atoms with Crippen molar-refractivity contribution in [3.05, 3.63) is 47.2 Å². The smallest absolute Gasteiger partial charge is 0.159 e. The van der Waals surface area contributed by atoms with E-state index >= 15 is 0 Å². The number of aromatic nitrogens is 2. The molecule has 0 aliphatic heterocycles. The Balaban J connectivity index is 2.09. The lowest BCUT2D eigenvalue weighted by Gasteiger charge is -1.99. The summed E-state index contributed by atoms with van der Waals surface area (Å²) in [6, 6.07) is 7.48. The molecule has 0 bridgehead atoms. The lowest BCUT2D eigenvalue weighted by molar-refractivity contribution is 0.828. The Morgan fingerprint density at radius 2 is 1.79 bits per heavy atom. The Hall–Kier alpha value is -1.85. The van der Waals surface area contributed by atoms with Crippen LogP contribution in [0.2, 0.25) is 5.02 Å². The van der Waals surface area contributed by atoms with Crippen molar-refractivity contribution < 1.29 is 0 Å². The number of nitrogens with zero attached hydrogens (tertiary/aromatic N) is 2. The molecule has 2 aromatic rings. The molecular formula is C16H15ClN2. The summed E-state index contributed by atoms with van der Waals surface area (Å²) in [5.41, 5.74) is 1.81. The van der Waals surface area contributed by atoms with E-state index in [1.807, 2.05) is 24.3 Å². The van der Waals surface area contributed by atoms with E-state index in [4.69, 9.17) is 11.6 Å². The molecule has 3 heteroatoms. The summed E-state index contributed by atoms with van der Waals surface area (Å²) in [6.07, 6.45) is 6.75. The summed E-state index contributed by atoms with van der Waals surface area (Å²) in [7, 11) is 0. The van der Waals surface area contributed by atoms with Gasteiger partial charge in [-0.15, -0.1) is 0 Å². The van der Waals surface area contributed by atoms with Crippen LogP contribution in [-0.4, -0.2) is 9.97 Å². The maximum atomic E-state index is 5.85. The average molecular weight is 271 g/mol. The van der Waals surface area contributed by atoms with Crippen LogP contribution in [0.3, 0.4) is 0 Å². The first kappa shape index (κ1) is 13.6. The standard InChI is InChI=1S/C16H15ClN2/c1-2-3-4-5-6-13-11-18-16(19-12-13)14-7-9-15(17)10-8-14/h7-12H,2-4H2,1H3. The normalized spacial score (nSPS) is 9.79. The molecule has 19 heavy (non-hydrogen) atoms. The van der Waals surface area contributed by atoms with Crippen molar-refractivity contribution in [1.29, 1.82) is 0 Å². The van der Waals surface area contributed by atoms with Gasteiger partial charge in [0, 0.05) is 29.4 Å². The average Bonchev–Trinajstić information content (AvgIpc) is 2.45. The van der Waals surface area contributed by atoms with E-state index in [0.29, 0.717) is 10.8 Å². The Bertz CT molecular complexity index is 577. The topological polar surface area (TPSA) is 25.8 Å². The molecule has 0 saturated carbocycles. The van der Waals surface area contributed by atoms with E-state index in [0.717, 1.165) is 24.0 Å². The van der Waals surface area contributed by atoms with Gasteiger partial charge in [0.05, 0.1) is 5.56 Å². The van der Waals surface area contributed by atoms with E-state index < -0.39 is 0 Å². The molecule has 0 fully saturated rings. The van der Waals surface area contributed by atoms with Gasteiger partial charge in [0.1, 0.15) is 0 Å². The predicted octanol–water partition coefficient (Wildman–Crippen LogP) is 4.34. The third kappa shape index (κ3) is 4.08. The van der Waals surface area contributed by atoms with Crippen LogP contribution < -0.4 is 0 Å². The highest BCUT2D eigenvalue weighted by Gasteiger charge is 2.00. The minimum Gasteiger partial charge on any atom is -0.235 e. The Morgan fingerprint density at radius 1 is 1.11 bits per heavy atom. The second kappa shape index (κ2) is 6.92. The van der Waals surface area contributed by atoms with Crippen molar-refractivity contribution in [3.63, 3.8) is 0 Å². The monoisotopic (exact) mass is 270 g/mol. The maximum absolute atomic E-state index is 5.85. The third-order valence-electron chi connectivity index (χ3n) is 2.64. The van der Waals surface area contributed by atoms with Crippen LogP contribution in [0.4, 0.5) is 0 Å². The number of benzene rings is 1. The van der Waals surface area contributed by atoms with Crippen LogP contribution >= 0.6 is 11.6 Å². The molecule has 2 rings (SSSR count). The number of hydrogen-bond donors (Lipinski definition) is 0. The van der Waals surface area contributed by atoms with Gasteiger partial charge in [-0.3, -0.25) is 0 Å². The van der Waals surface area contributed by atoms with Crippen molar-refractivity contribution in [2.24, 2.45) is 0 Å². The fraction of sp³-hybridized carbons (Fsp3) is 0.250. The highest BCUT2D eigenvalue weighted by molar-refractivity contribution is 6.30. The fourth-order valence-corrected chi connectivity index (χ4v) is 1.70. The van der Waals surface area contributed by atoms with Crippen molar-refractivity contribution >= 4 is 11.6 Å². The number of unbranched alkanes of at least 4 members (excludes halogenated alkanes) is 2. The van der Waals surface area contributed by atoms with Crippen LogP contribution in [0.15, 0.2) is 36.7 Å². The molecule has 0 saturated heterocycles. The lowest BCUT2D eigenvalue weighted by Crippen LogP contribution is -1.89. The molecular weight excluding hydrogens is 256 g/mol. The molecule has 0 unspecified atom stereocenters. The number of halogens is 1. The lowest BCUT2D eigenvalue weighted by atomic mass is 10.2. The minimum absolute atomic E-state index is 0.691. The van der Waals surface area contributed by atoms with Crippen molar-refractivity contribution in [3.8, 4) is 23.2 Å². The van der Waals surface area contributed by atoms with Crippen molar-refractivity contribution in [1.82, 2.24) is 9.97 Å². The van der Waals surface area contributed by atoms with Crippen LogP contribution in [0.25, 0.3) is 11.4 Å². The van der Waals surface area contributed by atoms with Gasteiger partial charge < -0.3 is 0 Å². The van der Waals surface area contributed by atoms with E-state index in [2.05, 4.69) is 28.7 Å². The van der Waals surface area contributed by atoms with Crippen molar-refractivity contribution in [2.45, 2.75) is 26.2 Å². The zero-order valence-corrected chi connectivity index (χ0v) is 11.6. The second-order valence-electron chi connectivity index (χ2n) is 4.21. The highest BCUT2D eigenvalue weighted by atomic mass is 35.5. The first-order valence-corrected chi connectivity index (χ1v) is 6.74. The molecule has 2 nitrogen and oxygen atoms in total. The quantitative estimate of drug-likeness (QED) is 0.612. The molecule has 0 amide bonds. The van der Waals surface area contributed by atoms with Gasteiger partial charge in [-0.25, -0.2) is 9.97 Å². The molecule has 0 N–H and O–H groups in total. The number of rotatable bonds is 3. The zero-order valence-electron chi connectivity index (χ0n) is 10.9. The zero-order chi connectivity index (χ0) is 13.5. The molecule has 0 spiro atoms. The molecule has 0 aliphatic carbocycles. The Kier molecular flexibility index (Phi) is 4.94. The van der Waals surface area contributed by atoms with Crippen molar-refractivity contribution in [2.75, 3.05) is 0 Å². The van der Waals surface area contributed by atoms with Gasteiger partial charge >= 0.3 is 0 Å². The summed E-state index contributed by atoms with van der Waals surface area (Å²) in [5.74, 6) is 6.88. The van der Waals surface area contributed by atoms with Crippen LogP contribution in [0.5, 0.6) is 0 Å². The largest absolute Gasteiger partial charge is 0.235 e. The Labute approximate surface area is 118 Å². The molecule has 1 heterocycles. The van der Waals surface area contributed by atoms with E-state index in [9.17, 15) is 0 Å². The summed E-state index contributed by atoms with van der Waals surface area (Å²) in [5, 5.41) is 0.710. The summed E-state index contributed by atoms with van der Waals surface area (Å²) in [6.45, 7) is 2.16. The van der Waals surface area contributed by atoms with Gasteiger partial charge in [-0.2, -0.15) is 0 Å². The van der Waals surface area contributed by atoms with Crippen LogP contribution in [0.1, 0.15) is 31.7 Å². The first-order valence-electron chi connectivity index (χ1n) is 6.36. The summed E-state index contributed by atoms with van der Waals surface area (Å²) >= 11 is 5.85. The third-order valence-corrected chi connectivity index (χ3v) is 2.89. The highest BCUT2D eigenvalue weighted by Crippen LogP contribution is 2.17. The van der Waals surface area contributed by atoms with Gasteiger partial charge in [-0.1, -0.05) is 36.8 Å². The van der Waals surface area contributed by atoms with E-state index in [1.165, 1.54) is 6.42 Å². The maximum Gasteiger partial charge on any atom is 0.159 e. The van der Waals surface area contributed by atoms with Gasteiger partial charge in [0.2, 0.25) is 0 Å². The molecule has 0 radical (unpaired) electrons. The molecule has 0 aliphatic rings. The number of hydrogen-bond acceptors (Lipinski definition) is 2. The van der Waals surface area contributed by atoms with Crippen LogP contribution in [-0.2, 0) is 0 Å². The summed E-state index contributed by atoms with van der Waals surface area (Å²) in [4.78, 5) is 8.64. The van der Waals surface area contributed by atoms with Crippen LogP contribution in [0, 0.1) is 11.8 Å². The second-order valence-corrected chi connectivity index (χ2v) is 4.64. The molecule has 0 atom stereocenters. The van der Waals surface area contributed by atoms with E-state index in [-0.39, 0.29) is 0 Å². The fourth-order valence-electron chi connectivity index (χ4n) is 1.57. The van der Waals surface area contributed by atoms with Gasteiger partial charge in [0.15, 0.2) is 5.82 Å². The predicted molar refractivity (Wildman–Crippen MR) is 78.9 cm³/mol. The minimum atomic E-state index is 0.691. The first-order chi connectivity index (χ1) is 9.29.